The maximum atomic E-state index is 5.26. The zero-order valence-electron chi connectivity index (χ0n) is 12.4. The van der Waals surface area contributed by atoms with Crippen molar-refractivity contribution in [3.63, 3.8) is 0 Å². The van der Waals surface area contributed by atoms with E-state index in [9.17, 15) is 0 Å². The molecule has 2 aromatic rings. The van der Waals surface area contributed by atoms with Gasteiger partial charge in [-0.05, 0) is 64.7 Å². The van der Waals surface area contributed by atoms with Gasteiger partial charge in [0, 0.05) is 17.1 Å². The molecule has 0 aliphatic rings. The molecule has 1 unspecified atom stereocenters. The van der Waals surface area contributed by atoms with Crippen molar-refractivity contribution in [2.24, 2.45) is 0 Å². The summed E-state index contributed by atoms with van der Waals surface area (Å²) in [6.45, 7) is 5.08. The van der Waals surface area contributed by atoms with E-state index in [1.54, 1.807) is 7.11 Å². The largest absolute Gasteiger partial charge is 0.496 e. The minimum Gasteiger partial charge on any atom is -0.496 e. The molecule has 0 saturated carbocycles. The van der Waals surface area contributed by atoms with Crippen LogP contribution in [-0.4, -0.2) is 7.11 Å². The Morgan fingerprint density at radius 2 is 1.86 bits per heavy atom. The van der Waals surface area contributed by atoms with E-state index in [1.807, 2.05) is 6.07 Å². The third kappa shape index (κ3) is 4.31. The fourth-order valence-corrected chi connectivity index (χ4v) is 3.32. The molecule has 0 radical (unpaired) electrons. The zero-order valence-corrected chi connectivity index (χ0v) is 15.6. The van der Waals surface area contributed by atoms with Crippen LogP contribution in [0, 0.1) is 6.92 Å². The summed E-state index contributed by atoms with van der Waals surface area (Å²) in [5, 5.41) is 3.55. The normalized spacial score (nSPS) is 12.2. The van der Waals surface area contributed by atoms with E-state index >= 15 is 0 Å². The number of hydrogen-bond acceptors (Lipinski definition) is 2. The first-order valence-electron chi connectivity index (χ1n) is 6.83. The van der Waals surface area contributed by atoms with Crippen LogP contribution in [0.1, 0.15) is 29.7 Å². The van der Waals surface area contributed by atoms with Crippen LogP contribution in [0.5, 0.6) is 5.75 Å². The van der Waals surface area contributed by atoms with Crippen molar-refractivity contribution in [3.8, 4) is 5.75 Å². The topological polar surface area (TPSA) is 21.3 Å². The third-order valence-corrected chi connectivity index (χ3v) is 4.84. The number of hydrogen-bond donors (Lipinski definition) is 1. The molecule has 0 bridgehead atoms. The lowest BCUT2D eigenvalue weighted by atomic mass is 10.1. The van der Waals surface area contributed by atoms with Crippen molar-refractivity contribution in [1.29, 1.82) is 0 Å². The summed E-state index contributed by atoms with van der Waals surface area (Å²) in [7, 11) is 1.68. The number of rotatable bonds is 5. The third-order valence-electron chi connectivity index (χ3n) is 3.48. The average molecular weight is 413 g/mol. The molecule has 4 heteroatoms. The van der Waals surface area contributed by atoms with Crippen molar-refractivity contribution in [2.45, 2.75) is 26.4 Å². The van der Waals surface area contributed by atoms with E-state index in [0.29, 0.717) is 0 Å². The van der Waals surface area contributed by atoms with Crippen LogP contribution in [0.2, 0.25) is 0 Å². The minimum absolute atomic E-state index is 0.264. The second kappa shape index (κ2) is 7.43. The highest BCUT2D eigenvalue weighted by Crippen LogP contribution is 2.28. The molecule has 21 heavy (non-hydrogen) atoms. The van der Waals surface area contributed by atoms with Gasteiger partial charge in [0.15, 0.2) is 0 Å². The van der Waals surface area contributed by atoms with Crippen LogP contribution in [0.4, 0.5) is 0 Å². The van der Waals surface area contributed by atoms with E-state index in [-0.39, 0.29) is 6.04 Å². The van der Waals surface area contributed by atoms with E-state index in [1.165, 1.54) is 16.7 Å². The number of ether oxygens (including phenoxy) is 1. The lowest BCUT2D eigenvalue weighted by molar-refractivity contribution is 0.411. The van der Waals surface area contributed by atoms with Gasteiger partial charge >= 0.3 is 0 Å². The second-order valence-corrected chi connectivity index (χ2v) is 6.80. The molecule has 0 fully saturated rings. The summed E-state index contributed by atoms with van der Waals surface area (Å²) in [6, 6.07) is 12.9. The van der Waals surface area contributed by atoms with Crippen molar-refractivity contribution >= 4 is 31.9 Å². The highest BCUT2D eigenvalue weighted by molar-refractivity contribution is 9.10. The highest BCUT2D eigenvalue weighted by Gasteiger charge is 2.09. The summed E-state index contributed by atoms with van der Waals surface area (Å²) >= 11 is 7.15. The van der Waals surface area contributed by atoms with Gasteiger partial charge in [-0.25, -0.2) is 0 Å². The van der Waals surface area contributed by atoms with E-state index in [2.05, 4.69) is 81.4 Å². The van der Waals surface area contributed by atoms with Crippen LogP contribution < -0.4 is 10.1 Å². The molecule has 0 aromatic heterocycles. The van der Waals surface area contributed by atoms with Gasteiger partial charge in [0.1, 0.15) is 5.75 Å². The van der Waals surface area contributed by atoms with Crippen molar-refractivity contribution < 1.29 is 4.74 Å². The summed E-state index contributed by atoms with van der Waals surface area (Å²) in [5.41, 5.74) is 3.75. The molecule has 2 aromatic carbocycles. The number of halogens is 2. The maximum Gasteiger partial charge on any atom is 0.133 e. The van der Waals surface area contributed by atoms with Crippen molar-refractivity contribution in [2.75, 3.05) is 7.11 Å². The van der Waals surface area contributed by atoms with Gasteiger partial charge in [0.05, 0.1) is 11.6 Å². The summed E-state index contributed by atoms with van der Waals surface area (Å²) < 4.78 is 7.39. The van der Waals surface area contributed by atoms with E-state index in [0.717, 1.165) is 21.2 Å². The van der Waals surface area contributed by atoms with E-state index in [4.69, 9.17) is 4.74 Å². The molecule has 0 saturated heterocycles. The number of aryl methyl sites for hydroxylation is 1. The zero-order chi connectivity index (χ0) is 15.4. The Hall–Kier alpha value is -0.840. The molecule has 2 nitrogen and oxygen atoms in total. The predicted molar refractivity (Wildman–Crippen MR) is 94.8 cm³/mol. The standard InChI is InChI=1S/C17H19Br2NO/c1-11-4-5-14(15(18)8-11)10-20-12(2)13-6-7-17(21-3)16(19)9-13/h4-9,12,20H,10H2,1-3H3. The second-order valence-electron chi connectivity index (χ2n) is 5.09. The molecular formula is C17H19Br2NO. The fourth-order valence-electron chi connectivity index (χ4n) is 2.13. The predicted octanol–water partition coefficient (Wildman–Crippen LogP) is 5.38. The van der Waals surface area contributed by atoms with Gasteiger partial charge in [-0.1, -0.05) is 34.1 Å². The van der Waals surface area contributed by atoms with Gasteiger partial charge in [0.25, 0.3) is 0 Å². The highest BCUT2D eigenvalue weighted by atomic mass is 79.9. The number of nitrogens with one attached hydrogen (secondary N) is 1. The molecule has 0 aliphatic carbocycles. The molecule has 0 amide bonds. The molecule has 0 aliphatic heterocycles. The van der Waals surface area contributed by atoms with Crippen molar-refractivity contribution in [3.05, 3.63) is 62.0 Å². The van der Waals surface area contributed by atoms with Gasteiger partial charge in [-0.2, -0.15) is 0 Å². The first kappa shape index (κ1) is 16.5. The lowest BCUT2D eigenvalue weighted by Gasteiger charge is -2.16. The Morgan fingerprint density at radius 3 is 2.48 bits per heavy atom. The molecule has 0 spiro atoms. The number of benzene rings is 2. The van der Waals surface area contributed by atoms with Crippen LogP contribution in [0.3, 0.4) is 0 Å². The van der Waals surface area contributed by atoms with Crippen molar-refractivity contribution in [1.82, 2.24) is 5.32 Å². The summed E-state index contributed by atoms with van der Waals surface area (Å²) in [4.78, 5) is 0. The quantitative estimate of drug-likeness (QED) is 0.711. The Morgan fingerprint density at radius 1 is 1.10 bits per heavy atom. The molecule has 0 heterocycles. The fraction of sp³-hybridized carbons (Fsp3) is 0.294. The molecule has 1 N–H and O–H groups in total. The van der Waals surface area contributed by atoms with Gasteiger partial charge in [-0.3, -0.25) is 0 Å². The van der Waals surface area contributed by atoms with Crippen LogP contribution in [-0.2, 0) is 6.54 Å². The Bertz CT molecular complexity index is 628. The molecule has 112 valence electrons. The Labute approximate surface area is 143 Å². The smallest absolute Gasteiger partial charge is 0.133 e. The Kier molecular flexibility index (Phi) is 5.85. The van der Waals surface area contributed by atoms with Crippen LogP contribution in [0.15, 0.2) is 45.3 Å². The molecule has 2 rings (SSSR count). The monoisotopic (exact) mass is 411 g/mol. The molecular weight excluding hydrogens is 394 g/mol. The van der Waals surface area contributed by atoms with Gasteiger partial charge < -0.3 is 10.1 Å². The van der Waals surface area contributed by atoms with Gasteiger partial charge in [-0.15, -0.1) is 0 Å². The summed E-state index contributed by atoms with van der Waals surface area (Å²) in [5.74, 6) is 0.854. The lowest BCUT2D eigenvalue weighted by Crippen LogP contribution is -2.18. The minimum atomic E-state index is 0.264. The number of methoxy groups -OCH3 is 1. The Balaban J connectivity index is 2.04. The average Bonchev–Trinajstić information content (AvgIpc) is 2.46. The first-order valence-corrected chi connectivity index (χ1v) is 8.41. The van der Waals surface area contributed by atoms with Crippen LogP contribution in [0.25, 0.3) is 0 Å². The maximum absolute atomic E-state index is 5.26. The molecule has 1 atom stereocenters. The van der Waals surface area contributed by atoms with Gasteiger partial charge in [0.2, 0.25) is 0 Å². The summed E-state index contributed by atoms with van der Waals surface area (Å²) in [6.07, 6.45) is 0. The van der Waals surface area contributed by atoms with Crippen LogP contribution >= 0.6 is 31.9 Å². The van der Waals surface area contributed by atoms with E-state index < -0.39 is 0 Å². The SMILES string of the molecule is COc1ccc(C(C)NCc2ccc(C)cc2Br)cc1Br. The first-order chi connectivity index (χ1) is 10.0.